The number of phosphoric ester groups is 1. The van der Waals surface area contributed by atoms with Crippen LogP contribution in [-0.4, -0.2) is 98.3 Å². The maximum atomic E-state index is 12.8. The molecule has 1 aliphatic rings. The number of esters is 2. The molecule has 0 aliphatic heterocycles. The van der Waals surface area contributed by atoms with Crippen LogP contribution < -0.4 is 0 Å². The topological polar surface area (TPSA) is 210 Å². The molecule has 0 aromatic carbocycles. The lowest BCUT2D eigenvalue weighted by atomic mass is 9.85. The van der Waals surface area contributed by atoms with E-state index in [1.54, 1.807) is 0 Å². The summed E-state index contributed by atoms with van der Waals surface area (Å²) in [4.78, 5) is 35.6. The normalized spacial score (nSPS) is 22.9. The maximum absolute atomic E-state index is 12.8. The van der Waals surface area contributed by atoms with Crippen LogP contribution in [0.15, 0.2) is 60.8 Å². The van der Waals surface area contributed by atoms with Gasteiger partial charge in [-0.3, -0.25) is 18.6 Å². The van der Waals surface area contributed by atoms with Gasteiger partial charge in [0, 0.05) is 12.8 Å². The van der Waals surface area contributed by atoms with Crippen LogP contribution in [0.4, 0.5) is 0 Å². The van der Waals surface area contributed by atoms with Crippen LogP contribution in [0.3, 0.4) is 0 Å². The maximum Gasteiger partial charge on any atom is 0.472 e. The van der Waals surface area contributed by atoms with E-state index in [2.05, 4.69) is 26.0 Å². The van der Waals surface area contributed by atoms with Crippen LogP contribution in [0.1, 0.15) is 155 Å². The lowest BCUT2D eigenvalue weighted by Gasteiger charge is -2.41. The average molecular weight is 857 g/mol. The quantitative estimate of drug-likeness (QED) is 0.0117. The fraction of sp³-hybridized carbons (Fsp3) is 0.733. The molecule has 6 unspecified atom stereocenters. The van der Waals surface area contributed by atoms with Gasteiger partial charge in [-0.2, -0.15) is 0 Å². The van der Waals surface area contributed by atoms with Crippen molar-refractivity contribution in [1.82, 2.24) is 0 Å². The number of ether oxygens (including phenoxy) is 2. The Morgan fingerprint density at radius 3 is 1.59 bits per heavy atom. The van der Waals surface area contributed by atoms with Gasteiger partial charge in [0.1, 0.15) is 43.2 Å². The standard InChI is InChI=1S/C45H77O13P/c1-3-5-7-9-11-13-15-17-19-21-23-25-27-29-31-33-38(46)55-35-37(36-56-59(53,54)58-45-43(51)41(49)40(48)42(50)44(45)52)57-39(47)34-32-30-28-26-24-22-20-18-16-14-12-10-8-6-4-2/h5,7,9,11,13,15,17,19,28,30,37,40-45,48-52H,3-4,6,8,10,12,14,16,18,20-27,29,31-36H2,1-2H3,(H,53,54)/b7-5+,11-9+,15-13+,19-17+,30-28+/t37-,40?,41-,42?,43?,44?,45?/m1/s1. The van der Waals surface area contributed by atoms with Crippen molar-refractivity contribution < 1.29 is 63.1 Å². The minimum absolute atomic E-state index is 0.00578. The highest BCUT2D eigenvalue weighted by Gasteiger charge is 2.51. The summed E-state index contributed by atoms with van der Waals surface area (Å²) in [6.07, 6.45) is 28.6. The predicted molar refractivity (Wildman–Crippen MR) is 230 cm³/mol. The first-order valence-electron chi connectivity index (χ1n) is 22.1. The molecule has 340 valence electrons. The molecular weight excluding hydrogens is 779 g/mol. The van der Waals surface area contributed by atoms with Crippen LogP contribution in [0, 0.1) is 0 Å². The summed E-state index contributed by atoms with van der Waals surface area (Å²) in [5.41, 5.74) is 0. The fourth-order valence-electron chi connectivity index (χ4n) is 6.37. The predicted octanol–water partition coefficient (Wildman–Crippen LogP) is 8.16. The third kappa shape index (κ3) is 27.9. The minimum atomic E-state index is -5.13. The van der Waals surface area contributed by atoms with Crippen LogP contribution in [0.2, 0.25) is 0 Å². The van der Waals surface area contributed by atoms with Gasteiger partial charge in [0.2, 0.25) is 0 Å². The van der Waals surface area contributed by atoms with Crippen LogP contribution >= 0.6 is 7.82 Å². The Hall–Kier alpha value is -2.45. The summed E-state index contributed by atoms with van der Waals surface area (Å²) in [5, 5.41) is 50.1. The highest BCUT2D eigenvalue weighted by Crippen LogP contribution is 2.47. The van der Waals surface area contributed by atoms with Crippen LogP contribution in [-0.2, 0) is 32.7 Å². The van der Waals surface area contributed by atoms with E-state index in [0.717, 1.165) is 57.8 Å². The van der Waals surface area contributed by atoms with Crippen molar-refractivity contribution in [2.75, 3.05) is 13.2 Å². The van der Waals surface area contributed by atoms with Gasteiger partial charge in [-0.25, -0.2) is 4.57 Å². The Morgan fingerprint density at radius 1 is 0.542 bits per heavy atom. The Bertz CT molecular complexity index is 1270. The second-order valence-electron chi connectivity index (χ2n) is 15.3. The van der Waals surface area contributed by atoms with E-state index >= 15 is 0 Å². The molecule has 0 amide bonds. The number of aliphatic hydroxyl groups is 5. The first kappa shape index (κ1) is 54.6. The molecule has 0 spiro atoms. The highest BCUT2D eigenvalue weighted by molar-refractivity contribution is 7.47. The van der Waals surface area contributed by atoms with Crippen molar-refractivity contribution in [1.29, 1.82) is 0 Å². The third-order valence-electron chi connectivity index (χ3n) is 9.95. The van der Waals surface area contributed by atoms with E-state index < -0.39 is 75.7 Å². The molecule has 1 aliphatic carbocycles. The van der Waals surface area contributed by atoms with E-state index in [1.807, 2.05) is 48.6 Å². The Kier molecular flexibility index (Phi) is 32.5. The summed E-state index contributed by atoms with van der Waals surface area (Å²) in [7, 11) is -5.13. The molecule has 0 bridgehead atoms. The monoisotopic (exact) mass is 857 g/mol. The fourth-order valence-corrected chi connectivity index (χ4v) is 7.35. The van der Waals surface area contributed by atoms with Gasteiger partial charge in [-0.1, -0.05) is 158 Å². The van der Waals surface area contributed by atoms with Crippen molar-refractivity contribution in [3.05, 3.63) is 60.8 Å². The number of unbranched alkanes of at least 4 members (excludes halogenated alkanes) is 16. The van der Waals surface area contributed by atoms with Gasteiger partial charge in [-0.15, -0.1) is 0 Å². The number of aliphatic hydroxyl groups excluding tert-OH is 5. The zero-order valence-corrected chi connectivity index (χ0v) is 36.7. The van der Waals surface area contributed by atoms with E-state index in [-0.39, 0.29) is 12.8 Å². The van der Waals surface area contributed by atoms with Gasteiger partial charge in [0.25, 0.3) is 0 Å². The van der Waals surface area contributed by atoms with Crippen molar-refractivity contribution in [3.8, 4) is 0 Å². The van der Waals surface area contributed by atoms with Crippen LogP contribution in [0.25, 0.3) is 0 Å². The SMILES string of the molecule is CC/C=C/C=C/C=C/C=C/CCCCCCCC(=O)OC[C@H](COP(=O)(O)OC1C(O)C(O)C(O)[C@@H](O)C1O)OC(=O)CC/C=C/CCCCCCCCCCCCC. The summed E-state index contributed by atoms with van der Waals surface area (Å²) >= 11 is 0. The van der Waals surface area contributed by atoms with Gasteiger partial charge in [0.05, 0.1) is 6.61 Å². The molecule has 1 saturated carbocycles. The summed E-state index contributed by atoms with van der Waals surface area (Å²) in [5.74, 6) is -1.19. The Morgan fingerprint density at radius 2 is 1.02 bits per heavy atom. The first-order chi connectivity index (χ1) is 28.4. The van der Waals surface area contributed by atoms with Crippen molar-refractivity contribution >= 4 is 19.8 Å². The van der Waals surface area contributed by atoms with Crippen molar-refractivity contribution in [2.45, 2.75) is 198 Å². The van der Waals surface area contributed by atoms with Gasteiger partial charge < -0.3 is 39.9 Å². The van der Waals surface area contributed by atoms with E-state index in [1.165, 1.54) is 57.8 Å². The second kappa shape index (κ2) is 35.2. The summed E-state index contributed by atoms with van der Waals surface area (Å²) in [6, 6.07) is 0. The van der Waals surface area contributed by atoms with Gasteiger partial charge >= 0.3 is 19.8 Å². The Balaban J connectivity index is 2.52. The number of hydrogen-bond donors (Lipinski definition) is 6. The third-order valence-corrected chi connectivity index (χ3v) is 10.9. The molecule has 0 heterocycles. The molecule has 14 heteroatoms. The van der Waals surface area contributed by atoms with E-state index in [4.69, 9.17) is 18.5 Å². The summed E-state index contributed by atoms with van der Waals surface area (Å²) < 4.78 is 33.4. The largest absolute Gasteiger partial charge is 0.472 e. The molecule has 0 aromatic heterocycles. The molecule has 13 nitrogen and oxygen atoms in total. The molecule has 8 atom stereocenters. The Labute approximate surface area is 353 Å². The molecule has 6 N–H and O–H groups in total. The van der Waals surface area contributed by atoms with E-state index in [0.29, 0.717) is 12.8 Å². The average Bonchev–Trinajstić information content (AvgIpc) is 3.21. The highest BCUT2D eigenvalue weighted by atomic mass is 31.2. The summed E-state index contributed by atoms with van der Waals surface area (Å²) in [6.45, 7) is 3.09. The van der Waals surface area contributed by atoms with Crippen LogP contribution in [0.5, 0.6) is 0 Å². The molecule has 0 aromatic rings. The number of carbonyl (C=O) groups excluding carboxylic acids is 2. The molecule has 0 radical (unpaired) electrons. The lowest BCUT2D eigenvalue weighted by molar-refractivity contribution is -0.220. The zero-order chi connectivity index (χ0) is 43.6. The van der Waals surface area contributed by atoms with Crippen molar-refractivity contribution in [2.24, 2.45) is 0 Å². The molecule has 1 fully saturated rings. The number of hydrogen-bond acceptors (Lipinski definition) is 12. The number of allylic oxidation sites excluding steroid dienone is 10. The molecule has 59 heavy (non-hydrogen) atoms. The molecule has 1 rings (SSSR count). The number of phosphoric acid groups is 1. The smallest absolute Gasteiger partial charge is 0.462 e. The lowest BCUT2D eigenvalue weighted by Crippen LogP contribution is -2.64. The van der Waals surface area contributed by atoms with Gasteiger partial charge in [0.15, 0.2) is 6.10 Å². The second-order valence-corrected chi connectivity index (χ2v) is 16.7. The first-order valence-corrected chi connectivity index (χ1v) is 23.6. The number of carbonyl (C=O) groups is 2. The molecule has 0 saturated heterocycles. The van der Waals surface area contributed by atoms with Gasteiger partial charge in [-0.05, 0) is 44.9 Å². The number of rotatable bonds is 35. The van der Waals surface area contributed by atoms with Crippen molar-refractivity contribution in [3.63, 3.8) is 0 Å². The molecular formula is C45H77O13P. The zero-order valence-electron chi connectivity index (χ0n) is 35.8. The van der Waals surface area contributed by atoms with E-state index in [9.17, 15) is 44.6 Å². The minimum Gasteiger partial charge on any atom is -0.462 e.